The summed E-state index contributed by atoms with van der Waals surface area (Å²) >= 11 is 0. The summed E-state index contributed by atoms with van der Waals surface area (Å²) < 4.78 is 17.1. The zero-order valence-electron chi connectivity index (χ0n) is 31.7. The van der Waals surface area contributed by atoms with Crippen LogP contribution in [0.4, 0.5) is 0 Å². The van der Waals surface area contributed by atoms with Crippen LogP contribution in [0.3, 0.4) is 0 Å². The minimum absolute atomic E-state index is 0.0449. The van der Waals surface area contributed by atoms with E-state index in [-0.39, 0.29) is 42.7 Å². The molecule has 0 spiro atoms. The third-order valence-electron chi connectivity index (χ3n) is 8.59. The number of quaternary nitrogens is 1. The van der Waals surface area contributed by atoms with Gasteiger partial charge in [0.05, 0.1) is 34.4 Å². The van der Waals surface area contributed by atoms with Crippen molar-refractivity contribution in [2.75, 3.05) is 41.0 Å². The van der Waals surface area contributed by atoms with Gasteiger partial charge in [-0.25, -0.2) is 4.79 Å². The smallest absolute Gasteiger partial charge is 0.362 e. The number of likely N-dealkylation sites (N-methyl/N-ethyl adjacent to an activating group) is 1. The number of hydrogen-bond acceptors (Lipinski definition) is 6. The van der Waals surface area contributed by atoms with Gasteiger partial charge in [0.15, 0.2) is 12.1 Å². The molecule has 1 N–H and O–H groups in total. The maximum Gasteiger partial charge on any atom is 0.362 e. The highest BCUT2D eigenvalue weighted by molar-refractivity contribution is 5.72. The van der Waals surface area contributed by atoms with Crippen LogP contribution in [0.1, 0.15) is 162 Å². The van der Waals surface area contributed by atoms with Gasteiger partial charge in [-0.15, -0.1) is 0 Å². The van der Waals surface area contributed by atoms with Crippen LogP contribution in [0.5, 0.6) is 0 Å². The van der Waals surface area contributed by atoms with Crippen molar-refractivity contribution >= 4 is 17.9 Å². The molecule has 0 bridgehead atoms. The third-order valence-corrected chi connectivity index (χ3v) is 8.59. The van der Waals surface area contributed by atoms with Gasteiger partial charge in [0.2, 0.25) is 0 Å². The zero-order valence-corrected chi connectivity index (χ0v) is 31.7. The highest BCUT2D eigenvalue weighted by Gasteiger charge is 2.31. The summed E-state index contributed by atoms with van der Waals surface area (Å²) in [5.74, 6) is -1.55. The van der Waals surface area contributed by atoms with E-state index < -0.39 is 18.1 Å². The molecule has 2 unspecified atom stereocenters. The number of ether oxygens (including phenoxy) is 3. The fourth-order valence-electron chi connectivity index (χ4n) is 5.51. The molecule has 0 aliphatic rings. The molecule has 8 nitrogen and oxygen atoms in total. The van der Waals surface area contributed by atoms with Crippen LogP contribution in [-0.2, 0) is 28.6 Å². The van der Waals surface area contributed by atoms with E-state index >= 15 is 0 Å². The summed E-state index contributed by atoms with van der Waals surface area (Å²) in [5.41, 5.74) is 0. The summed E-state index contributed by atoms with van der Waals surface area (Å²) in [6.45, 7) is 4.63. The number of rotatable bonds is 34. The summed E-state index contributed by atoms with van der Waals surface area (Å²) in [6, 6.07) is -0.617. The molecule has 0 fully saturated rings. The maximum atomic E-state index is 12.5. The summed E-state index contributed by atoms with van der Waals surface area (Å²) in [6.07, 6.45) is 32.4. The number of unbranched alkanes of at least 4 members (excludes halogenated alkanes) is 16. The third kappa shape index (κ3) is 29.9. The number of carbonyl (C=O) groups excluding carboxylic acids is 2. The van der Waals surface area contributed by atoms with E-state index in [0.717, 1.165) is 44.9 Å². The molecule has 0 amide bonds. The second kappa shape index (κ2) is 32.0. The van der Waals surface area contributed by atoms with Crippen molar-refractivity contribution in [1.29, 1.82) is 0 Å². The van der Waals surface area contributed by atoms with Gasteiger partial charge in [-0.3, -0.25) is 9.59 Å². The normalized spacial score (nSPS) is 13.3. The Morgan fingerprint density at radius 2 is 1.08 bits per heavy atom. The molecule has 0 saturated carbocycles. The van der Waals surface area contributed by atoms with Gasteiger partial charge in [-0.1, -0.05) is 115 Å². The van der Waals surface area contributed by atoms with E-state index in [4.69, 9.17) is 14.2 Å². The Kier molecular flexibility index (Phi) is 30.6. The monoisotopic (exact) mass is 681 g/mol. The maximum absolute atomic E-state index is 12.5. The minimum atomic E-state index is -0.882. The first-order valence-electron chi connectivity index (χ1n) is 19.4. The van der Waals surface area contributed by atoms with E-state index in [9.17, 15) is 19.5 Å². The van der Waals surface area contributed by atoms with Crippen LogP contribution in [0.2, 0.25) is 0 Å². The molecule has 2 atom stereocenters. The molecule has 8 heteroatoms. The highest BCUT2D eigenvalue weighted by atomic mass is 16.6. The van der Waals surface area contributed by atoms with Crippen molar-refractivity contribution < 1.29 is 38.2 Å². The Hall–Kier alpha value is -2.19. The second-order valence-electron chi connectivity index (χ2n) is 14.2. The fourth-order valence-corrected chi connectivity index (χ4v) is 5.51. The molecule has 0 aromatic heterocycles. The van der Waals surface area contributed by atoms with E-state index in [2.05, 4.69) is 32.1 Å². The molecule has 0 heterocycles. The minimum Gasteiger partial charge on any atom is -0.477 e. The lowest BCUT2D eigenvalue weighted by atomic mass is 10.1. The highest BCUT2D eigenvalue weighted by Crippen LogP contribution is 2.12. The van der Waals surface area contributed by atoms with Crippen molar-refractivity contribution in [1.82, 2.24) is 0 Å². The van der Waals surface area contributed by atoms with Crippen LogP contribution in [0, 0.1) is 0 Å². The lowest BCUT2D eigenvalue weighted by molar-refractivity contribution is -0.887. The molecule has 0 saturated heterocycles. The Morgan fingerprint density at radius 1 is 0.604 bits per heavy atom. The van der Waals surface area contributed by atoms with Crippen molar-refractivity contribution in [3.63, 3.8) is 0 Å². The molecular weight excluding hydrogens is 606 g/mol. The van der Waals surface area contributed by atoms with Crippen LogP contribution < -0.4 is 0 Å². The summed E-state index contributed by atoms with van der Waals surface area (Å²) in [7, 11) is 5.50. The van der Waals surface area contributed by atoms with Gasteiger partial charge in [-0.2, -0.15) is 0 Å². The largest absolute Gasteiger partial charge is 0.477 e. The van der Waals surface area contributed by atoms with Crippen LogP contribution in [-0.4, -0.2) is 80.6 Å². The van der Waals surface area contributed by atoms with Gasteiger partial charge in [-0.05, 0) is 51.4 Å². The number of aliphatic carboxylic acids is 1. The van der Waals surface area contributed by atoms with Gasteiger partial charge in [0.25, 0.3) is 0 Å². The SMILES string of the molecule is CCCCCC/C=C/CCC(=O)OC(COCCC(C(=O)O)[N+](C)(C)C)COC(=O)CCCCCCC/C=C/CCCCCCCCC. The van der Waals surface area contributed by atoms with Crippen molar-refractivity contribution in [3.05, 3.63) is 24.3 Å². The lowest BCUT2D eigenvalue weighted by Gasteiger charge is -2.31. The number of hydrogen-bond donors (Lipinski definition) is 1. The lowest BCUT2D eigenvalue weighted by Crippen LogP contribution is -2.50. The Labute approximate surface area is 294 Å². The van der Waals surface area contributed by atoms with E-state index in [1.807, 2.05) is 27.2 Å². The average molecular weight is 681 g/mol. The van der Waals surface area contributed by atoms with Crippen molar-refractivity contribution in [3.8, 4) is 0 Å². The van der Waals surface area contributed by atoms with Crippen LogP contribution in [0.25, 0.3) is 0 Å². The number of allylic oxidation sites excluding steroid dienone is 4. The molecule has 0 aliphatic heterocycles. The number of carboxylic acids is 1. The number of carboxylic acid groups (broad SMARTS) is 1. The molecule has 0 aliphatic carbocycles. The van der Waals surface area contributed by atoms with E-state index in [1.165, 1.54) is 77.0 Å². The van der Waals surface area contributed by atoms with Crippen LogP contribution >= 0.6 is 0 Å². The van der Waals surface area contributed by atoms with Gasteiger partial charge < -0.3 is 23.8 Å². The first-order chi connectivity index (χ1) is 23.1. The first kappa shape index (κ1) is 45.8. The predicted molar refractivity (Wildman–Crippen MR) is 197 cm³/mol. The Balaban J connectivity index is 4.37. The zero-order chi connectivity index (χ0) is 35.7. The summed E-state index contributed by atoms with van der Waals surface area (Å²) in [4.78, 5) is 36.6. The molecular formula is C40H74NO7+. The predicted octanol–water partition coefficient (Wildman–Crippen LogP) is 9.74. The quantitative estimate of drug-likeness (QED) is 0.0313. The van der Waals surface area contributed by atoms with Crippen molar-refractivity contribution in [2.45, 2.75) is 174 Å². The van der Waals surface area contributed by atoms with E-state index in [1.54, 1.807) is 0 Å². The number of carbonyl (C=O) groups is 3. The summed E-state index contributed by atoms with van der Waals surface area (Å²) in [5, 5.41) is 9.56. The van der Waals surface area contributed by atoms with Gasteiger partial charge in [0, 0.05) is 19.3 Å². The second-order valence-corrected chi connectivity index (χ2v) is 14.2. The molecule has 0 rings (SSSR count). The number of esters is 2. The standard InChI is InChI=1S/C40H73NO7/c1-6-8-10-12-14-16-17-18-19-20-21-22-23-25-26-28-30-38(42)47-35-36(34-46-33-32-37(40(44)45)41(3,4)5)48-39(43)31-29-27-24-15-13-11-9-7-2/h19-20,24,27,36-37H,6-18,21-23,25-26,28-35H2,1-5H3/p+1/b20-19+,27-24+. The average Bonchev–Trinajstić information content (AvgIpc) is 3.03. The topological polar surface area (TPSA) is 99.1 Å². The molecule has 48 heavy (non-hydrogen) atoms. The molecule has 0 radical (unpaired) electrons. The number of nitrogens with zero attached hydrogens (tertiary/aromatic N) is 1. The molecule has 0 aromatic rings. The fraction of sp³-hybridized carbons (Fsp3) is 0.825. The van der Waals surface area contributed by atoms with E-state index in [0.29, 0.717) is 19.3 Å². The molecule has 0 aromatic carbocycles. The van der Waals surface area contributed by atoms with Crippen LogP contribution in [0.15, 0.2) is 24.3 Å². The van der Waals surface area contributed by atoms with Crippen molar-refractivity contribution in [2.24, 2.45) is 0 Å². The molecule has 280 valence electrons. The Morgan fingerprint density at radius 3 is 1.60 bits per heavy atom. The van der Waals surface area contributed by atoms with Gasteiger partial charge >= 0.3 is 17.9 Å². The first-order valence-corrected chi connectivity index (χ1v) is 19.4. The van der Waals surface area contributed by atoms with Gasteiger partial charge in [0.1, 0.15) is 6.61 Å². The Bertz CT molecular complexity index is 849.